The Morgan fingerprint density at radius 1 is 0.964 bits per heavy atom. The van der Waals surface area contributed by atoms with Crippen molar-refractivity contribution in [3.63, 3.8) is 0 Å². The number of anilines is 1. The average Bonchev–Trinajstić information content (AvgIpc) is 3.28. The second kappa shape index (κ2) is 7.75. The summed E-state index contributed by atoms with van der Waals surface area (Å²) in [5.41, 5.74) is 4.45. The van der Waals surface area contributed by atoms with Crippen LogP contribution in [-0.4, -0.2) is 25.0 Å². The molecule has 28 heavy (non-hydrogen) atoms. The molecular weight excluding hydrogens is 376 g/mol. The van der Waals surface area contributed by atoms with E-state index in [9.17, 15) is 14.4 Å². The number of rotatable bonds is 3. The number of aryl methyl sites for hydroxylation is 3. The Morgan fingerprint density at radius 3 is 2.54 bits per heavy atom. The standard InChI is InChI=1S/C21H22N2O4S/c1-27-21(26)23-19(25)17-15-7-4-8-16(15)28-20(17)22-18(24)14-10-9-12-5-2-3-6-13(12)11-14/h9-11H,2-8H2,1H3,(H,22,24)(H,23,25,26). The van der Waals surface area contributed by atoms with Gasteiger partial charge in [-0.1, -0.05) is 6.07 Å². The fourth-order valence-electron chi connectivity index (χ4n) is 3.99. The van der Waals surface area contributed by atoms with Crippen molar-refractivity contribution in [1.29, 1.82) is 0 Å². The summed E-state index contributed by atoms with van der Waals surface area (Å²) in [6, 6.07) is 5.83. The molecule has 6 nitrogen and oxygen atoms in total. The number of imide groups is 1. The first-order valence-electron chi connectivity index (χ1n) is 9.54. The summed E-state index contributed by atoms with van der Waals surface area (Å²) in [7, 11) is 1.21. The quantitative estimate of drug-likeness (QED) is 0.822. The lowest BCUT2D eigenvalue weighted by Gasteiger charge is -2.16. The maximum absolute atomic E-state index is 12.9. The van der Waals surface area contributed by atoms with E-state index in [0.717, 1.165) is 49.0 Å². The Morgan fingerprint density at radius 2 is 1.75 bits per heavy atom. The third kappa shape index (κ3) is 3.54. The van der Waals surface area contributed by atoms with E-state index in [2.05, 4.69) is 15.4 Å². The van der Waals surface area contributed by atoms with Crippen molar-refractivity contribution in [3.8, 4) is 0 Å². The zero-order valence-corrected chi connectivity index (χ0v) is 16.5. The largest absolute Gasteiger partial charge is 0.453 e. The van der Waals surface area contributed by atoms with Gasteiger partial charge >= 0.3 is 6.09 Å². The van der Waals surface area contributed by atoms with Gasteiger partial charge in [-0.15, -0.1) is 11.3 Å². The third-order valence-electron chi connectivity index (χ3n) is 5.39. The molecule has 0 atom stereocenters. The van der Waals surface area contributed by atoms with Gasteiger partial charge < -0.3 is 10.1 Å². The predicted octanol–water partition coefficient (Wildman–Crippen LogP) is 3.86. The van der Waals surface area contributed by atoms with Gasteiger partial charge in [0.05, 0.1) is 12.7 Å². The predicted molar refractivity (Wildman–Crippen MR) is 107 cm³/mol. The van der Waals surface area contributed by atoms with Gasteiger partial charge in [0.1, 0.15) is 5.00 Å². The molecule has 2 aliphatic rings. The number of ether oxygens (including phenoxy) is 1. The van der Waals surface area contributed by atoms with Crippen LogP contribution in [0.1, 0.15) is 61.5 Å². The van der Waals surface area contributed by atoms with Crippen LogP contribution in [0.2, 0.25) is 0 Å². The molecule has 0 unspecified atom stereocenters. The Hall–Kier alpha value is -2.67. The summed E-state index contributed by atoms with van der Waals surface area (Å²) in [5, 5.41) is 5.61. The molecule has 0 aliphatic heterocycles. The molecule has 0 spiro atoms. The van der Waals surface area contributed by atoms with Crippen LogP contribution in [0.5, 0.6) is 0 Å². The number of methoxy groups -OCH3 is 1. The number of nitrogens with one attached hydrogen (secondary N) is 2. The van der Waals surface area contributed by atoms with Crippen molar-refractivity contribution in [2.75, 3.05) is 12.4 Å². The number of thiophene rings is 1. The number of benzene rings is 1. The lowest BCUT2D eigenvalue weighted by Crippen LogP contribution is -2.31. The van der Waals surface area contributed by atoms with Crippen molar-refractivity contribution in [3.05, 3.63) is 50.9 Å². The highest BCUT2D eigenvalue weighted by Gasteiger charge is 2.28. The van der Waals surface area contributed by atoms with Crippen LogP contribution in [0, 0.1) is 0 Å². The SMILES string of the molecule is COC(=O)NC(=O)c1c(NC(=O)c2ccc3c(c2)CCCC3)sc2c1CCC2. The highest BCUT2D eigenvalue weighted by molar-refractivity contribution is 7.17. The summed E-state index contributed by atoms with van der Waals surface area (Å²) >= 11 is 1.42. The van der Waals surface area contributed by atoms with Crippen molar-refractivity contribution in [1.82, 2.24) is 5.32 Å². The second-order valence-corrected chi connectivity index (χ2v) is 8.26. The molecule has 2 aromatic rings. The van der Waals surface area contributed by atoms with Gasteiger partial charge in [-0.25, -0.2) is 4.79 Å². The van der Waals surface area contributed by atoms with Crippen LogP contribution >= 0.6 is 11.3 Å². The van der Waals surface area contributed by atoms with E-state index in [-0.39, 0.29) is 5.91 Å². The number of alkyl carbamates (subject to hydrolysis) is 1. The zero-order chi connectivity index (χ0) is 19.7. The van der Waals surface area contributed by atoms with E-state index >= 15 is 0 Å². The Balaban J connectivity index is 1.60. The summed E-state index contributed by atoms with van der Waals surface area (Å²) < 4.78 is 4.53. The van der Waals surface area contributed by atoms with Crippen LogP contribution < -0.4 is 10.6 Å². The monoisotopic (exact) mass is 398 g/mol. The first kappa shape index (κ1) is 18.7. The first-order valence-corrected chi connectivity index (χ1v) is 10.4. The Labute approximate surface area is 167 Å². The van der Waals surface area contributed by atoms with Gasteiger partial charge in [-0.3, -0.25) is 14.9 Å². The van der Waals surface area contributed by atoms with Crippen LogP contribution in [0.4, 0.5) is 9.80 Å². The maximum atomic E-state index is 12.9. The van der Waals surface area contributed by atoms with E-state index in [0.29, 0.717) is 16.1 Å². The van der Waals surface area contributed by atoms with Crippen molar-refractivity contribution >= 4 is 34.2 Å². The molecular formula is C21H22N2O4S. The first-order chi connectivity index (χ1) is 13.6. The molecule has 7 heteroatoms. The van der Waals surface area contributed by atoms with Crippen LogP contribution in [0.15, 0.2) is 18.2 Å². The molecule has 2 N–H and O–H groups in total. The molecule has 146 valence electrons. The van der Waals surface area contributed by atoms with Crippen LogP contribution in [0.25, 0.3) is 0 Å². The number of carbonyl (C=O) groups excluding carboxylic acids is 3. The highest BCUT2D eigenvalue weighted by Crippen LogP contribution is 2.39. The number of hydrogen-bond donors (Lipinski definition) is 2. The summed E-state index contributed by atoms with van der Waals surface area (Å²) in [4.78, 5) is 38.0. The van der Waals surface area contributed by atoms with Gasteiger partial charge in [-0.05, 0) is 73.8 Å². The van der Waals surface area contributed by atoms with Gasteiger partial charge in [0, 0.05) is 10.4 Å². The minimum Gasteiger partial charge on any atom is -0.453 e. The van der Waals surface area contributed by atoms with E-state index in [1.165, 1.54) is 36.0 Å². The highest BCUT2D eigenvalue weighted by atomic mass is 32.1. The van der Waals surface area contributed by atoms with E-state index in [1.54, 1.807) is 0 Å². The van der Waals surface area contributed by atoms with Gasteiger partial charge in [0.15, 0.2) is 0 Å². The summed E-state index contributed by atoms with van der Waals surface area (Å²) in [6.07, 6.45) is 6.21. The van der Waals surface area contributed by atoms with E-state index < -0.39 is 12.0 Å². The minimum atomic E-state index is -0.810. The average molecular weight is 398 g/mol. The van der Waals surface area contributed by atoms with Crippen molar-refractivity contribution < 1.29 is 19.1 Å². The van der Waals surface area contributed by atoms with Crippen molar-refractivity contribution in [2.24, 2.45) is 0 Å². The van der Waals surface area contributed by atoms with E-state index in [1.807, 2.05) is 18.2 Å². The molecule has 0 saturated heterocycles. The van der Waals surface area contributed by atoms with Crippen molar-refractivity contribution in [2.45, 2.75) is 44.9 Å². The molecule has 0 saturated carbocycles. The summed E-state index contributed by atoms with van der Waals surface area (Å²) in [5.74, 6) is -0.771. The molecule has 0 bridgehead atoms. The molecule has 0 fully saturated rings. The molecule has 0 radical (unpaired) electrons. The van der Waals surface area contributed by atoms with Gasteiger partial charge in [0.2, 0.25) is 0 Å². The minimum absolute atomic E-state index is 0.236. The smallest absolute Gasteiger partial charge is 0.413 e. The topological polar surface area (TPSA) is 84.5 Å². The lowest BCUT2D eigenvalue weighted by atomic mass is 9.90. The number of hydrogen-bond acceptors (Lipinski definition) is 5. The molecule has 1 heterocycles. The van der Waals surface area contributed by atoms with Gasteiger partial charge in [0.25, 0.3) is 11.8 Å². The molecule has 1 aromatic heterocycles. The fraction of sp³-hybridized carbons (Fsp3) is 0.381. The Kier molecular flexibility index (Phi) is 5.17. The van der Waals surface area contributed by atoms with E-state index in [4.69, 9.17) is 0 Å². The Bertz CT molecular complexity index is 964. The third-order valence-corrected chi connectivity index (χ3v) is 6.59. The summed E-state index contributed by atoms with van der Waals surface area (Å²) in [6.45, 7) is 0. The lowest BCUT2D eigenvalue weighted by molar-refractivity contribution is 0.0937. The molecule has 2 aliphatic carbocycles. The van der Waals surface area contributed by atoms with Crippen LogP contribution in [0.3, 0.4) is 0 Å². The fourth-order valence-corrected chi connectivity index (χ4v) is 5.27. The molecule has 3 amide bonds. The molecule has 4 rings (SSSR count). The van der Waals surface area contributed by atoms with Gasteiger partial charge in [-0.2, -0.15) is 0 Å². The number of amides is 3. The normalized spacial score (nSPS) is 14.8. The zero-order valence-electron chi connectivity index (χ0n) is 15.7. The number of fused-ring (bicyclic) bond motifs is 2. The molecule has 1 aromatic carbocycles. The maximum Gasteiger partial charge on any atom is 0.413 e. The number of carbonyl (C=O) groups is 3. The second-order valence-electron chi connectivity index (χ2n) is 7.15. The van der Waals surface area contributed by atoms with Crippen LogP contribution in [-0.2, 0) is 30.4 Å².